The molecule has 0 aliphatic heterocycles. The van der Waals surface area contributed by atoms with Gasteiger partial charge in [-0.25, -0.2) is 9.97 Å². The van der Waals surface area contributed by atoms with E-state index in [0.717, 1.165) is 78.2 Å². The van der Waals surface area contributed by atoms with Crippen LogP contribution in [0.3, 0.4) is 0 Å². The first-order chi connectivity index (χ1) is 18.1. The molecule has 0 radical (unpaired) electrons. The molecule has 2 aliphatic rings. The molecule has 0 unspecified atom stereocenters. The van der Waals surface area contributed by atoms with E-state index < -0.39 is 0 Å². The van der Waals surface area contributed by atoms with Crippen molar-refractivity contribution in [3.05, 3.63) is 47.5 Å². The quantitative estimate of drug-likeness (QED) is 0.269. The molecule has 2 amide bonds. The largest absolute Gasteiger partial charge is 0.302 e. The highest BCUT2D eigenvalue weighted by Crippen LogP contribution is 2.32. The van der Waals surface area contributed by atoms with Crippen molar-refractivity contribution in [1.29, 1.82) is 0 Å². The number of hydrogen-bond donors (Lipinski definition) is 2. The summed E-state index contributed by atoms with van der Waals surface area (Å²) in [5.74, 6) is 0.482. The number of nitrogens with zero attached hydrogens (tertiary/aromatic N) is 2. The minimum absolute atomic E-state index is 0.117. The molecule has 37 heavy (non-hydrogen) atoms. The monoisotopic (exact) mass is 532 g/mol. The van der Waals surface area contributed by atoms with Crippen molar-refractivity contribution in [3.63, 3.8) is 0 Å². The Labute approximate surface area is 224 Å². The van der Waals surface area contributed by atoms with Gasteiger partial charge in [0, 0.05) is 11.8 Å². The van der Waals surface area contributed by atoms with Gasteiger partial charge in [0.25, 0.3) is 0 Å². The van der Waals surface area contributed by atoms with Crippen LogP contribution in [0.4, 0.5) is 10.3 Å². The van der Waals surface area contributed by atoms with E-state index in [1.807, 2.05) is 12.1 Å². The number of carbonyl (C=O) groups is 2. The van der Waals surface area contributed by atoms with Crippen molar-refractivity contribution in [3.8, 4) is 0 Å². The lowest BCUT2D eigenvalue weighted by molar-refractivity contribution is -0.121. The Bertz CT molecular complexity index is 1320. The van der Waals surface area contributed by atoms with E-state index in [-0.39, 0.29) is 23.7 Å². The molecule has 0 atom stereocenters. The number of anilines is 2. The van der Waals surface area contributed by atoms with Crippen molar-refractivity contribution in [2.45, 2.75) is 70.6 Å². The summed E-state index contributed by atoms with van der Waals surface area (Å²) in [6, 6.07) is 12.7. The number of thiazole rings is 2. The molecule has 0 saturated heterocycles. The number of nitrogens with one attached hydrogen (secondary N) is 2. The van der Waals surface area contributed by atoms with Gasteiger partial charge >= 0.3 is 0 Å². The van der Waals surface area contributed by atoms with E-state index in [4.69, 9.17) is 0 Å². The molecule has 2 aromatic heterocycles. The molecule has 2 N–H and O–H groups in total. The number of amides is 2. The van der Waals surface area contributed by atoms with Crippen LogP contribution in [-0.4, -0.2) is 21.8 Å². The zero-order chi connectivity index (χ0) is 25.2. The topological polar surface area (TPSA) is 84.0 Å². The summed E-state index contributed by atoms with van der Waals surface area (Å²) in [4.78, 5) is 34.5. The molecule has 6 rings (SSSR count). The fourth-order valence-electron chi connectivity index (χ4n) is 5.65. The van der Waals surface area contributed by atoms with E-state index >= 15 is 0 Å². The molecule has 4 aromatic rings. The normalized spacial score (nSPS) is 17.3. The van der Waals surface area contributed by atoms with Crippen LogP contribution in [0.1, 0.15) is 75.3 Å². The van der Waals surface area contributed by atoms with Gasteiger partial charge in [0.15, 0.2) is 10.3 Å². The smallest absolute Gasteiger partial charge is 0.229 e. The fraction of sp³-hybridized carbons (Fsp3) is 0.448. The fourth-order valence-corrected chi connectivity index (χ4v) is 7.51. The Balaban J connectivity index is 1.13. The summed E-state index contributed by atoms with van der Waals surface area (Å²) in [6.07, 6.45) is 11.8. The molecular formula is C29H32N4O2S2. The van der Waals surface area contributed by atoms with Gasteiger partial charge in [-0.05, 0) is 67.5 Å². The summed E-state index contributed by atoms with van der Waals surface area (Å²) in [5, 5.41) is 7.50. The van der Waals surface area contributed by atoms with E-state index in [0.29, 0.717) is 10.3 Å². The molecule has 2 heterocycles. The Morgan fingerprint density at radius 3 is 1.54 bits per heavy atom. The minimum atomic E-state index is 0.117. The van der Waals surface area contributed by atoms with Crippen molar-refractivity contribution >= 4 is 65.2 Å². The van der Waals surface area contributed by atoms with Gasteiger partial charge in [0.2, 0.25) is 11.8 Å². The highest BCUT2D eigenvalue weighted by Gasteiger charge is 2.23. The van der Waals surface area contributed by atoms with Gasteiger partial charge < -0.3 is 10.6 Å². The van der Waals surface area contributed by atoms with Gasteiger partial charge in [-0.1, -0.05) is 73.3 Å². The van der Waals surface area contributed by atoms with Crippen LogP contribution in [0, 0.1) is 11.8 Å². The summed E-state index contributed by atoms with van der Waals surface area (Å²) >= 11 is 3.09. The molecule has 2 fully saturated rings. The zero-order valence-electron chi connectivity index (χ0n) is 20.9. The molecule has 192 valence electrons. The highest BCUT2D eigenvalue weighted by atomic mass is 32.1. The second-order valence-electron chi connectivity index (χ2n) is 10.5. The van der Waals surface area contributed by atoms with Crippen molar-refractivity contribution in [2.75, 3.05) is 10.6 Å². The predicted molar refractivity (Wildman–Crippen MR) is 152 cm³/mol. The molecule has 6 nitrogen and oxygen atoms in total. The number of hydrogen-bond acceptors (Lipinski definition) is 6. The predicted octanol–water partition coefficient (Wildman–Crippen LogP) is 7.53. The van der Waals surface area contributed by atoms with Crippen molar-refractivity contribution < 1.29 is 9.59 Å². The van der Waals surface area contributed by atoms with Crippen LogP contribution in [0.25, 0.3) is 20.4 Å². The molecule has 2 aromatic carbocycles. The van der Waals surface area contributed by atoms with Crippen LogP contribution in [0.2, 0.25) is 0 Å². The van der Waals surface area contributed by atoms with Crippen LogP contribution >= 0.6 is 22.7 Å². The van der Waals surface area contributed by atoms with E-state index in [1.165, 1.54) is 24.0 Å². The van der Waals surface area contributed by atoms with E-state index in [1.54, 1.807) is 22.7 Å². The second-order valence-corrected chi connectivity index (χ2v) is 12.5. The van der Waals surface area contributed by atoms with Gasteiger partial charge in [0.1, 0.15) is 0 Å². The Morgan fingerprint density at radius 1 is 0.676 bits per heavy atom. The maximum atomic E-state index is 12.6. The zero-order valence-corrected chi connectivity index (χ0v) is 22.6. The van der Waals surface area contributed by atoms with Crippen LogP contribution in [0.15, 0.2) is 36.4 Å². The number of fused-ring (bicyclic) bond motifs is 2. The molecule has 0 bridgehead atoms. The van der Waals surface area contributed by atoms with Crippen molar-refractivity contribution in [1.82, 2.24) is 9.97 Å². The van der Waals surface area contributed by atoms with Crippen molar-refractivity contribution in [2.24, 2.45) is 11.8 Å². The first kappa shape index (κ1) is 24.5. The lowest BCUT2D eigenvalue weighted by atomic mass is 9.89. The first-order valence-electron chi connectivity index (χ1n) is 13.5. The lowest BCUT2D eigenvalue weighted by Gasteiger charge is -2.19. The Morgan fingerprint density at radius 2 is 1.11 bits per heavy atom. The SMILES string of the molecule is O=C(Nc1nc2ccc(Cc3ccc4nc(NC(=O)C5CCCCC5)sc4c3)cc2s1)C1CCCCC1. The summed E-state index contributed by atoms with van der Waals surface area (Å²) < 4.78 is 2.17. The highest BCUT2D eigenvalue weighted by molar-refractivity contribution is 7.22. The standard InChI is InChI=1S/C29H32N4O2S2/c34-26(20-7-3-1-4-8-20)32-28-30-22-13-11-18(16-24(22)36-28)15-19-12-14-23-25(17-19)37-29(31-23)33-27(35)21-9-5-2-6-10-21/h11-14,16-17,20-21H,1-10,15H2,(H,30,32,34)(H,31,33,35). The van der Waals surface area contributed by atoms with Gasteiger partial charge in [-0.2, -0.15) is 0 Å². The van der Waals surface area contributed by atoms with Crippen LogP contribution in [0.5, 0.6) is 0 Å². The molecule has 2 aliphatic carbocycles. The maximum Gasteiger partial charge on any atom is 0.229 e. The first-order valence-corrected chi connectivity index (χ1v) is 15.1. The third-order valence-corrected chi connectivity index (χ3v) is 9.59. The molecule has 2 saturated carbocycles. The average molecular weight is 533 g/mol. The third kappa shape index (κ3) is 5.70. The number of aromatic nitrogens is 2. The Hall–Kier alpha value is -2.84. The van der Waals surface area contributed by atoms with E-state index in [9.17, 15) is 9.59 Å². The summed E-state index contributed by atoms with van der Waals surface area (Å²) in [6.45, 7) is 0. The maximum absolute atomic E-state index is 12.6. The number of benzene rings is 2. The van der Waals surface area contributed by atoms with Gasteiger partial charge in [-0.3, -0.25) is 9.59 Å². The molecule has 0 spiro atoms. The van der Waals surface area contributed by atoms with Crippen LogP contribution in [-0.2, 0) is 16.0 Å². The molecule has 8 heteroatoms. The average Bonchev–Trinajstić information content (AvgIpc) is 3.51. The number of rotatable bonds is 6. The Kier molecular flexibility index (Phi) is 7.20. The lowest BCUT2D eigenvalue weighted by Crippen LogP contribution is -2.24. The number of carbonyl (C=O) groups excluding carboxylic acids is 2. The second kappa shape index (κ2) is 10.9. The third-order valence-electron chi connectivity index (χ3n) is 7.73. The van der Waals surface area contributed by atoms with Gasteiger partial charge in [0.05, 0.1) is 20.4 Å². The molecular weight excluding hydrogens is 500 g/mol. The minimum Gasteiger partial charge on any atom is -0.302 e. The summed E-state index contributed by atoms with van der Waals surface area (Å²) in [7, 11) is 0. The van der Waals surface area contributed by atoms with Crippen LogP contribution < -0.4 is 10.6 Å². The summed E-state index contributed by atoms with van der Waals surface area (Å²) in [5.41, 5.74) is 4.25. The van der Waals surface area contributed by atoms with Gasteiger partial charge in [-0.15, -0.1) is 0 Å². The van der Waals surface area contributed by atoms with E-state index in [2.05, 4.69) is 44.9 Å².